The largest absolute Gasteiger partial charge is 0.392 e. The summed E-state index contributed by atoms with van der Waals surface area (Å²) < 4.78 is 0.655. The van der Waals surface area contributed by atoms with E-state index in [4.69, 9.17) is 18.0 Å². The maximum Gasteiger partial charge on any atom is 0.273 e. The number of carbonyl (C=O) groups is 1. The van der Waals surface area contributed by atoms with Gasteiger partial charge in [-0.3, -0.25) is 4.79 Å². The van der Waals surface area contributed by atoms with E-state index in [-0.39, 0.29) is 16.9 Å². The lowest BCUT2D eigenvalue weighted by molar-refractivity contribution is 0.0772. The van der Waals surface area contributed by atoms with Crippen molar-refractivity contribution in [1.82, 2.24) is 9.88 Å². The Kier molecular flexibility index (Phi) is 4.37. The first-order valence-electron chi connectivity index (χ1n) is 4.62. The minimum Gasteiger partial charge on any atom is -0.392 e. The van der Waals surface area contributed by atoms with Gasteiger partial charge in [0.25, 0.3) is 5.91 Å². The lowest BCUT2D eigenvalue weighted by atomic mass is 10.2. The van der Waals surface area contributed by atoms with Crippen molar-refractivity contribution in [3.8, 4) is 0 Å². The Labute approximate surface area is 108 Å². The second kappa shape index (κ2) is 5.36. The van der Waals surface area contributed by atoms with Crippen LogP contribution in [0.25, 0.3) is 0 Å². The van der Waals surface area contributed by atoms with Crippen LogP contribution in [0.2, 0.25) is 0 Å². The molecule has 0 aromatic carbocycles. The maximum atomic E-state index is 12.0. The SMILES string of the molecule is CC(C(N)=S)N(C)C(=O)c1ncccc1Br. The highest BCUT2D eigenvalue weighted by Crippen LogP contribution is 2.15. The molecule has 4 nitrogen and oxygen atoms in total. The highest BCUT2D eigenvalue weighted by Gasteiger charge is 2.21. The zero-order chi connectivity index (χ0) is 12.3. The molecule has 86 valence electrons. The van der Waals surface area contributed by atoms with Crippen LogP contribution in [0.15, 0.2) is 22.8 Å². The van der Waals surface area contributed by atoms with Crippen LogP contribution < -0.4 is 5.73 Å². The van der Waals surface area contributed by atoms with Gasteiger partial charge in [-0.2, -0.15) is 0 Å². The Hall–Kier alpha value is -1.01. The van der Waals surface area contributed by atoms with Crippen molar-refractivity contribution in [2.45, 2.75) is 13.0 Å². The molecule has 1 heterocycles. The van der Waals surface area contributed by atoms with E-state index < -0.39 is 0 Å². The second-order valence-electron chi connectivity index (χ2n) is 3.33. The number of carbonyl (C=O) groups excluding carboxylic acids is 1. The summed E-state index contributed by atoms with van der Waals surface area (Å²) in [6.45, 7) is 1.77. The molecule has 2 N–H and O–H groups in total. The van der Waals surface area contributed by atoms with Crippen molar-refractivity contribution in [3.05, 3.63) is 28.5 Å². The molecule has 1 amide bonds. The zero-order valence-electron chi connectivity index (χ0n) is 8.98. The Balaban J connectivity index is 2.95. The summed E-state index contributed by atoms with van der Waals surface area (Å²) in [5.74, 6) is -0.215. The number of aromatic nitrogens is 1. The quantitative estimate of drug-likeness (QED) is 0.862. The van der Waals surface area contributed by atoms with E-state index in [1.54, 1.807) is 32.3 Å². The fourth-order valence-electron chi connectivity index (χ4n) is 1.08. The first-order chi connectivity index (χ1) is 7.45. The molecule has 0 radical (unpaired) electrons. The highest BCUT2D eigenvalue weighted by molar-refractivity contribution is 9.10. The molecule has 0 fully saturated rings. The van der Waals surface area contributed by atoms with E-state index in [0.29, 0.717) is 10.2 Å². The van der Waals surface area contributed by atoms with Crippen molar-refractivity contribution < 1.29 is 4.79 Å². The minimum absolute atomic E-state index is 0.215. The third kappa shape index (κ3) is 2.76. The van der Waals surface area contributed by atoms with Gasteiger partial charge >= 0.3 is 0 Å². The van der Waals surface area contributed by atoms with Crippen molar-refractivity contribution >= 4 is 39.0 Å². The smallest absolute Gasteiger partial charge is 0.273 e. The molecule has 16 heavy (non-hydrogen) atoms. The summed E-state index contributed by atoms with van der Waals surface area (Å²) in [6, 6.07) is 3.22. The molecule has 0 saturated carbocycles. The van der Waals surface area contributed by atoms with Crippen molar-refractivity contribution in [3.63, 3.8) is 0 Å². The third-order valence-corrected chi connectivity index (χ3v) is 3.26. The second-order valence-corrected chi connectivity index (χ2v) is 4.65. The van der Waals surface area contributed by atoms with E-state index in [1.807, 2.05) is 0 Å². The van der Waals surface area contributed by atoms with Crippen LogP contribution >= 0.6 is 28.1 Å². The summed E-state index contributed by atoms with van der Waals surface area (Å²) in [5.41, 5.74) is 5.85. The van der Waals surface area contributed by atoms with Crippen LogP contribution in [0.4, 0.5) is 0 Å². The van der Waals surface area contributed by atoms with Crippen LogP contribution in [0, 0.1) is 0 Å². The number of nitrogens with zero attached hydrogens (tertiary/aromatic N) is 2. The number of amides is 1. The van der Waals surface area contributed by atoms with Gasteiger partial charge in [-0.25, -0.2) is 4.98 Å². The number of thiocarbonyl (C=S) groups is 1. The molecule has 1 aromatic rings. The van der Waals surface area contributed by atoms with Crippen LogP contribution in [0.3, 0.4) is 0 Å². The molecule has 0 saturated heterocycles. The molecule has 0 spiro atoms. The van der Waals surface area contributed by atoms with Gasteiger partial charge in [0, 0.05) is 17.7 Å². The van der Waals surface area contributed by atoms with Crippen molar-refractivity contribution in [1.29, 1.82) is 0 Å². The molecule has 1 rings (SSSR count). The van der Waals surface area contributed by atoms with E-state index in [9.17, 15) is 4.79 Å². The topological polar surface area (TPSA) is 59.2 Å². The van der Waals surface area contributed by atoms with Crippen molar-refractivity contribution in [2.75, 3.05) is 7.05 Å². The number of nitrogens with two attached hydrogens (primary N) is 1. The fraction of sp³-hybridized carbons (Fsp3) is 0.300. The van der Waals surface area contributed by atoms with Gasteiger partial charge in [0.2, 0.25) is 0 Å². The van der Waals surface area contributed by atoms with Crippen molar-refractivity contribution in [2.24, 2.45) is 5.73 Å². The van der Waals surface area contributed by atoms with Gasteiger partial charge < -0.3 is 10.6 Å². The molecule has 0 aliphatic rings. The van der Waals surface area contributed by atoms with Crippen LogP contribution in [0.5, 0.6) is 0 Å². The highest BCUT2D eigenvalue weighted by atomic mass is 79.9. The predicted molar refractivity (Wildman–Crippen MR) is 70.3 cm³/mol. The van der Waals surface area contributed by atoms with Crippen LogP contribution in [0.1, 0.15) is 17.4 Å². The number of hydrogen-bond acceptors (Lipinski definition) is 3. The summed E-state index contributed by atoms with van der Waals surface area (Å²) in [5, 5.41) is 0. The summed E-state index contributed by atoms with van der Waals surface area (Å²) >= 11 is 8.13. The van der Waals surface area contributed by atoms with Gasteiger partial charge in [-0.05, 0) is 35.0 Å². The van der Waals surface area contributed by atoms with Crippen LogP contribution in [-0.4, -0.2) is 33.9 Å². The normalized spacial score (nSPS) is 11.9. The molecule has 1 atom stereocenters. The number of pyridine rings is 1. The van der Waals surface area contributed by atoms with E-state index in [2.05, 4.69) is 20.9 Å². The average molecular weight is 302 g/mol. The Morgan fingerprint density at radius 3 is 2.81 bits per heavy atom. The first kappa shape index (κ1) is 13.1. The minimum atomic E-state index is -0.295. The van der Waals surface area contributed by atoms with Gasteiger partial charge in [0.1, 0.15) is 5.69 Å². The molecule has 0 bridgehead atoms. The molecule has 0 aliphatic heterocycles. The molecule has 6 heteroatoms. The first-order valence-corrected chi connectivity index (χ1v) is 5.82. The predicted octanol–water partition coefficient (Wildman–Crippen LogP) is 1.59. The third-order valence-electron chi connectivity index (χ3n) is 2.27. The molecular formula is C10H12BrN3OS. The van der Waals surface area contributed by atoms with Gasteiger partial charge in [-0.1, -0.05) is 12.2 Å². The molecule has 1 aromatic heterocycles. The van der Waals surface area contributed by atoms with Gasteiger partial charge in [0.15, 0.2) is 0 Å². The Morgan fingerprint density at radius 2 is 2.31 bits per heavy atom. The zero-order valence-corrected chi connectivity index (χ0v) is 11.4. The molecular weight excluding hydrogens is 290 g/mol. The van der Waals surface area contributed by atoms with Crippen LogP contribution in [-0.2, 0) is 0 Å². The number of likely N-dealkylation sites (N-methyl/N-ethyl adjacent to an activating group) is 1. The fourth-order valence-corrected chi connectivity index (χ4v) is 1.66. The summed E-state index contributed by atoms with van der Waals surface area (Å²) in [6.07, 6.45) is 1.57. The van der Waals surface area contributed by atoms with E-state index >= 15 is 0 Å². The van der Waals surface area contributed by atoms with Gasteiger partial charge in [-0.15, -0.1) is 0 Å². The number of halogens is 1. The maximum absolute atomic E-state index is 12.0. The molecule has 0 aliphatic carbocycles. The lowest BCUT2D eigenvalue weighted by Crippen LogP contribution is -2.43. The van der Waals surface area contributed by atoms with Gasteiger partial charge in [0.05, 0.1) is 11.0 Å². The standard InChI is InChI=1S/C10H12BrN3OS/c1-6(9(12)16)14(2)10(15)8-7(11)4-3-5-13-8/h3-6H,1-2H3,(H2,12,16). The number of rotatable bonds is 3. The number of hydrogen-bond donors (Lipinski definition) is 1. The molecule has 1 unspecified atom stereocenters. The Morgan fingerprint density at radius 1 is 1.69 bits per heavy atom. The lowest BCUT2D eigenvalue weighted by Gasteiger charge is -2.23. The van der Waals surface area contributed by atoms with E-state index in [0.717, 1.165) is 0 Å². The Bertz CT molecular complexity index is 424. The monoisotopic (exact) mass is 301 g/mol. The summed E-state index contributed by atoms with van der Waals surface area (Å²) in [4.78, 5) is 17.8. The van der Waals surface area contributed by atoms with E-state index in [1.165, 1.54) is 4.90 Å². The average Bonchev–Trinajstić information content (AvgIpc) is 2.26. The summed E-state index contributed by atoms with van der Waals surface area (Å²) in [7, 11) is 1.65.